The molecule has 0 radical (unpaired) electrons. The maximum atomic E-state index is 13.8. The third-order valence-corrected chi connectivity index (χ3v) is 3.66. The van der Waals surface area contributed by atoms with E-state index in [1.165, 1.54) is 6.07 Å². The van der Waals surface area contributed by atoms with Gasteiger partial charge in [0.15, 0.2) is 0 Å². The number of halogens is 1. The largest absolute Gasteiger partial charge is 0.389 e. The minimum atomic E-state index is -0.376. The Morgan fingerprint density at radius 1 is 1.56 bits per heavy atom. The van der Waals surface area contributed by atoms with Crippen LogP contribution in [0, 0.1) is 5.82 Å². The van der Waals surface area contributed by atoms with Crippen molar-refractivity contribution in [2.75, 3.05) is 18.6 Å². The molecule has 1 heterocycles. The van der Waals surface area contributed by atoms with Crippen molar-refractivity contribution in [2.24, 2.45) is 5.73 Å². The molecule has 0 aromatic heterocycles. The first-order chi connectivity index (χ1) is 8.52. The number of hydrogen-bond acceptors (Lipinski definition) is 3. The van der Waals surface area contributed by atoms with Crippen molar-refractivity contribution in [3.8, 4) is 0 Å². The molecule has 1 aliphatic heterocycles. The molecule has 18 heavy (non-hydrogen) atoms. The number of likely N-dealkylation sites (N-methyl/N-ethyl adjacent to an activating group) is 1. The molecular formula is C13H17FN2OS. The average molecular weight is 268 g/mol. The summed E-state index contributed by atoms with van der Waals surface area (Å²) in [5.41, 5.74) is 6.66. The molecule has 1 saturated heterocycles. The number of ether oxygens (including phenoxy) is 1. The Bertz CT molecular complexity index is 466. The standard InChI is InChI=1S/C13H17FN2OS/c1-8-10(6-7-17-8)16(2)11-5-3-4-9(14)12(11)13(15)18/h3-5,8,10H,6-7H2,1-2H3,(H2,15,18). The monoisotopic (exact) mass is 268 g/mol. The van der Waals surface area contributed by atoms with E-state index >= 15 is 0 Å². The predicted molar refractivity (Wildman–Crippen MR) is 74.5 cm³/mol. The molecule has 1 aromatic rings. The molecule has 0 amide bonds. The Morgan fingerprint density at radius 3 is 2.83 bits per heavy atom. The summed E-state index contributed by atoms with van der Waals surface area (Å²) in [6.45, 7) is 2.75. The number of nitrogens with two attached hydrogens (primary N) is 1. The molecule has 2 rings (SSSR count). The van der Waals surface area contributed by atoms with Crippen molar-refractivity contribution in [1.29, 1.82) is 0 Å². The van der Waals surface area contributed by atoms with Crippen LogP contribution in [0.15, 0.2) is 18.2 Å². The van der Waals surface area contributed by atoms with Crippen LogP contribution in [0.25, 0.3) is 0 Å². The fourth-order valence-corrected chi connectivity index (χ4v) is 2.66. The lowest BCUT2D eigenvalue weighted by Gasteiger charge is -2.30. The Kier molecular flexibility index (Phi) is 3.82. The quantitative estimate of drug-likeness (QED) is 0.852. The van der Waals surface area contributed by atoms with E-state index in [1.807, 2.05) is 24.9 Å². The van der Waals surface area contributed by atoms with Crippen molar-refractivity contribution in [3.05, 3.63) is 29.6 Å². The van der Waals surface area contributed by atoms with Crippen molar-refractivity contribution in [1.82, 2.24) is 0 Å². The Balaban J connectivity index is 2.38. The van der Waals surface area contributed by atoms with Gasteiger partial charge >= 0.3 is 0 Å². The molecule has 1 aliphatic rings. The highest BCUT2D eigenvalue weighted by Crippen LogP contribution is 2.28. The van der Waals surface area contributed by atoms with E-state index in [-0.39, 0.29) is 23.0 Å². The maximum absolute atomic E-state index is 13.8. The van der Waals surface area contributed by atoms with Gasteiger partial charge in [0.25, 0.3) is 0 Å². The van der Waals surface area contributed by atoms with E-state index in [4.69, 9.17) is 22.7 Å². The van der Waals surface area contributed by atoms with Crippen LogP contribution < -0.4 is 10.6 Å². The second-order valence-corrected chi connectivity index (χ2v) is 4.98. The molecule has 1 aromatic carbocycles. The lowest BCUT2D eigenvalue weighted by atomic mass is 10.1. The fourth-order valence-electron chi connectivity index (χ4n) is 2.46. The summed E-state index contributed by atoms with van der Waals surface area (Å²) in [6, 6.07) is 5.10. The Labute approximate surface area is 112 Å². The summed E-state index contributed by atoms with van der Waals surface area (Å²) in [5.74, 6) is -0.376. The van der Waals surface area contributed by atoms with Crippen molar-refractivity contribution in [3.63, 3.8) is 0 Å². The zero-order valence-corrected chi connectivity index (χ0v) is 11.3. The van der Waals surface area contributed by atoms with Crippen LogP contribution in [0.1, 0.15) is 18.9 Å². The molecule has 0 bridgehead atoms. The van der Waals surface area contributed by atoms with Crippen LogP contribution in [0.5, 0.6) is 0 Å². The minimum absolute atomic E-state index is 0.0847. The van der Waals surface area contributed by atoms with E-state index in [0.29, 0.717) is 5.56 Å². The molecule has 2 unspecified atom stereocenters. The van der Waals surface area contributed by atoms with E-state index < -0.39 is 0 Å². The normalized spacial score (nSPS) is 23.1. The second-order valence-electron chi connectivity index (χ2n) is 4.54. The lowest BCUT2D eigenvalue weighted by molar-refractivity contribution is 0.118. The number of benzene rings is 1. The molecule has 0 aliphatic carbocycles. The van der Waals surface area contributed by atoms with E-state index in [1.54, 1.807) is 6.07 Å². The fraction of sp³-hybridized carbons (Fsp3) is 0.462. The number of anilines is 1. The molecule has 1 fully saturated rings. The first-order valence-electron chi connectivity index (χ1n) is 5.95. The minimum Gasteiger partial charge on any atom is -0.389 e. The van der Waals surface area contributed by atoms with Gasteiger partial charge in [0.05, 0.1) is 17.7 Å². The smallest absolute Gasteiger partial charge is 0.135 e. The summed E-state index contributed by atoms with van der Waals surface area (Å²) < 4.78 is 19.4. The lowest BCUT2D eigenvalue weighted by Crippen LogP contribution is -2.38. The third kappa shape index (κ3) is 2.33. The van der Waals surface area contributed by atoms with E-state index in [2.05, 4.69) is 0 Å². The maximum Gasteiger partial charge on any atom is 0.135 e. The van der Waals surface area contributed by atoms with Crippen LogP contribution in [0.3, 0.4) is 0 Å². The van der Waals surface area contributed by atoms with Crippen molar-refractivity contribution in [2.45, 2.75) is 25.5 Å². The molecule has 5 heteroatoms. The van der Waals surface area contributed by atoms with Gasteiger partial charge in [-0.15, -0.1) is 0 Å². The van der Waals surface area contributed by atoms with Crippen LogP contribution in [-0.4, -0.2) is 30.8 Å². The van der Waals surface area contributed by atoms with Crippen LogP contribution in [0.4, 0.5) is 10.1 Å². The SMILES string of the molecule is CC1OCCC1N(C)c1cccc(F)c1C(N)=S. The van der Waals surface area contributed by atoms with Gasteiger partial charge in [-0.3, -0.25) is 0 Å². The third-order valence-electron chi connectivity index (χ3n) is 3.45. The van der Waals surface area contributed by atoms with Crippen molar-refractivity contribution >= 4 is 22.9 Å². The molecule has 98 valence electrons. The van der Waals surface area contributed by atoms with Crippen molar-refractivity contribution < 1.29 is 9.13 Å². The molecule has 0 saturated carbocycles. The van der Waals surface area contributed by atoms with E-state index in [9.17, 15) is 4.39 Å². The van der Waals surface area contributed by atoms with Gasteiger partial charge in [0.2, 0.25) is 0 Å². The average Bonchev–Trinajstić information content (AvgIpc) is 2.73. The summed E-state index contributed by atoms with van der Waals surface area (Å²) >= 11 is 4.94. The first kappa shape index (κ1) is 13.2. The molecular weight excluding hydrogens is 251 g/mol. The van der Waals surface area contributed by atoms with Gasteiger partial charge in [0, 0.05) is 19.3 Å². The topological polar surface area (TPSA) is 38.5 Å². The van der Waals surface area contributed by atoms with E-state index in [0.717, 1.165) is 18.7 Å². The zero-order chi connectivity index (χ0) is 13.3. The number of thiocarbonyl (C=S) groups is 1. The molecule has 2 atom stereocenters. The van der Waals surface area contributed by atoms with Gasteiger partial charge < -0.3 is 15.4 Å². The van der Waals surface area contributed by atoms with Gasteiger partial charge in [-0.1, -0.05) is 18.3 Å². The number of hydrogen-bond donors (Lipinski definition) is 1. The highest BCUT2D eigenvalue weighted by Gasteiger charge is 2.29. The molecule has 0 spiro atoms. The van der Waals surface area contributed by atoms with Gasteiger partial charge in [0.1, 0.15) is 10.8 Å². The van der Waals surface area contributed by atoms with Crippen LogP contribution in [-0.2, 0) is 4.74 Å². The molecule has 3 nitrogen and oxygen atoms in total. The Hall–Kier alpha value is -1.20. The summed E-state index contributed by atoms with van der Waals surface area (Å²) in [7, 11) is 1.92. The zero-order valence-electron chi connectivity index (χ0n) is 10.5. The highest BCUT2D eigenvalue weighted by atomic mass is 32.1. The summed E-state index contributed by atoms with van der Waals surface area (Å²) in [5, 5.41) is 0. The van der Waals surface area contributed by atoms with Crippen LogP contribution in [0.2, 0.25) is 0 Å². The van der Waals surface area contributed by atoms with Gasteiger partial charge in [-0.2, -0.15) is 0 Å². The Morgan fingerprint density at radius 2 is 2.28 bits per heavy atom. The number of rotatable bonds is 3. The van der Waals surface area contributed by atoms with Crippen LogP contribution >= 0.6 is 12.2 Å². The predicted octanol–water partition coefficient (Wildman–Crippen LogP) is 2.07. The highest BCUT2D eigenvalue weighted by molar-refractivity contribution is 7.80. The molecule has 2 N–H and O–H groups in total. The first-order valence-corrected chi connectivity index (χ1v) is 6.36. The van der Waals surface area contributed by atoms with Gasteiger partial charge in [-0.25, -0.2) is 4.39 Å². The van der Waals surface area contributed by atoms with Gasteiger partial charge in [-0.05, 0) is 25.5 Å². The number of nitrogens with zero attached hydrogens (tertiary/aromatic N) is 1. The second kappa shape index (κ2) is 5.20. The summed E-state index contributed by atoms with van der Waals surface area (Å²) in [4.78, 5) is 2.09. The summed E-state index contributed by atoms with van der Waals surface area (Å²) in [6.07, 6.45) is 1.04.